The number of nitro groups is 1. The van der Waals surface area contributed by atoms with E-state index in [1.54, 1.807) is 42.5 Å². The monoisotopic (exact) mass is 709 g/mol. The number of benzene rings is 3. The molecule has 4 rings (SSSR count). The van der Waals surface area contributed by atoms with Gasteiger partial charge in [0.2, 0.25) is 11.8 Å². The van der Waals surface area contributed by atoms with Crippen LogP contribution in [0.3, 0.4) is 0 Å². The van der Waals surface area contributed by atoms with Gasteiger partial charge in [-0.1, -0.05) is 12.1 Å². The third-order valence-corrected chi connectivity index (χ3v) is 6.50. The molecule has 1 aliphatic heterocycles. The van der Waals surface area contributed by atoms with Crippen molar-refractivity contribution in [1.82, 2.24) is 0 Å². The smallest absolute Gasteiger partial charge is 0.363 e. The van der Waals surface area contributed by atoms with Gasteiger partial charge in [0.05, 0.1) is 12.1 Å². The van der Waals surface area contributed by atoms with E-state index in [1.165, 1.54) is 19.1 Å². The van der Waals surface area contributed by atoms with Gasteiger partial charge in [-0.25, -0.2) is 9.79 Å². The third-order valence-electron chi connectivity index (χ3n) is 4.90. The topological polar surface area (TPSA) is 120 Å². The van der Waals surface area contributed by atoms with E-state index in [-0.39, 0.29) is 29.8 Å². The predicted molar refractivity (Wildman–Crippen MR) is 151 cm³/mol. The van der Waals surface area contributed by atoms with Crippen LogP contribution in [-0.2, 0) is 20.9 Å². The molecule has 36 heavy (non-hydrogen) atoms. The first-order chi connectivity index (χ1) is 17.2. The molecule has 3 aromatic rings. The molecule has 182 valence electrons. The normalized spacial score (nSPS) is 13.8. The second-order valence-electron chi connectivity index (χ2n) is 7.62. The molecule has 11 heteroatoms. The van der Waals surface area contributed by atoms with Gasteiger partial charge >= 0.3 is 5.97 Å². The number of aliphatic imine (C=N–C) groups is 1. The van der Waals surface area contributed by atoms with Crippen LogP contribution in [0.1, 0.15) is 23.6 Å². The van der Waals surface area contributed by atoms with Crippen molar-refractivity contribution in [3.63, 3.8) is 0 Å². The Labute approximate surface area is 233 Å². The molecule has 1 heterocycles. The number of hydrogen-bond acceptors (Lipinski definition) is 7. The molecule has 0 unspecified atom stereocenters. The van der Waals surface area contributed by atoms with E-state index in [2.05, 4.69) is 55.5 Å². The number of nitrogens with one attached hydrogen (secondary N) is 1. The first-order valence-electron chi connectivity index (χ1n) is 10.5. The standard InChI is InChI=1S/C25H17I2N3O6/c1-14(31)28-18-7-5-17(6-8-18)24-29-22(25(32)36-24)12-16-10-20(26)23(21(27)11-16)35-13-15-3-2-4-19(9-15)30(33)34/h2-12H,13H2,1H3,(H,28,31)/b22-12-. The minimum absolute atomic E-state index is 0.00881. The summed E-state index contributed by atoms with van der Waals surface area (Å²) >= 11 is 4.28. The van der Waals surface area contributed by atoms with Crippen LogP contribution in [0.4, 0.5) is 11.4 Å². The Balaban J connectivity index is 1.51. The summed E-state index contributed by atoms with van der Waals surface area (Å²) in [7, 11) is 0. The zero-order valence-electron chi connectivity index (χ0n) is 18.7. The van der Waals surface area contributed by atoms with Crippen molar-refractivity contribution < 1.29 is 24.0 Å². The second kappa shape index (κ2) is 11.2. The summed E-state index contributed by atoms with van der Waals surface area (Å²) in [5, 5.41) is 13.7. The van der Waals surface area contributed by atoms with E-state index in [0.717, 1.165) is 12.7 Å². The number of carbonyl (C=O) groups is 2. The van der Waals surface area contributed by atoms with Crippen LogP contribution < -0.4 is 10.1 Å². The molecule has 0 aliphatic carbocycles. The Morgan fingerprint density at radius 2 is 1.83 bits per heavy atom. The Morgan fingerprint density at radius 3 is 2.47 bits per heavy atom. The molecule has 3 aromatic carbocycles. The molecule has 1 N–H and O–H groups in total. The molecule has 1 aliphatic rings. The second-order valence-corrected chi connectivity index (χ2v) is 9.95. The number of non-ortho nitro benzene ring substituents is 1. The lowest BCUT2D eigenvalue weighted by atomic mass is 10.2. The highest BCUT2D eigenvalue weighted by Crippen LogP contribution is 2.31. The maximum absolute atomic E-state index is 12.4. The largest absolute Gasteiger partial charge is 0.487 e. The van der Waals surface area contributed by atoms with Gasteiger partial charge in [-0.05, 0) is 98.8 Å². The fourth-order valence-electron chi connectivity index (χ4n) is 3.31. The number of cyclic esters (lactones) is 1. The van der Waals surface area contributed by atoms with Crippen LogP contribution >= 0.6 is 45.2 Å². The number of halogens is 2. The zero-order chi connectivity index (χ0) is 25.8. The highest BCUT2D eigenvalue weighted by atomic mass is 127. The average Bonchev–Trinajstić information content (AvgIpc) is 3.18. The number of amides is 1. The fraction of sp³-hybridized carbons (Fsp3) is 0.0800. The Morgan fingerprint density at radius 1 is 1.14 bits per heavy atom. The molecule has 0 saturated carbocycles. The number of rotatable bonds is 7. The minimum Gasteiger partial charge on any atom is -0.487 e. The molecule has 1 amide bonds. The van der Waals surface area contributed by atoms with Gasteiger partial charge in [-0.3, -0.25) is 14.9 Å². The molecule has 0 bridgehead atoms. The van der Waals surface area contributed by atoms with Gasteiger partial charge < -0.3 is 14.8 Å². The number of anilines is 1. The fourth-order valence-corrected chi connectivity index (χ4v) is 5.43. The zero-order valence-corrected chi connectivity index (χ0v) is 23.0. The minimum atomic E-state index is -0.563. The van der Waals surface area contributed by atoms with Crippen molar-refractivity contribution in [2.75, 3.05) is 5.32 Å². The molecule has 0 fully saturated rings. The first-order valence-corrected chi connectivity index (χ1v) is 12.6. The lowest BCUT2D eigenvalue weighted by molar-refractivity contribution is -0.384. The number of nitro benzene ring substituents is 1. The van der Waals surface area contributed by atoms with Gasteiger partial charge in [-0.2, -0.15) is 0 Å². The number of carbonyl (C=O) groups excluding carboxylic acids is 2. The predicted octanol–water partition coefficient (Wildman–Crippen LogP) is 5.69. The third kappa shape index (κ3) is 6.26. The summed E-state index contributed by atoms with van der Waals surface area (Å²) in [5.74, 6) is 0.0820. The molecular formula is C25H17I2N3O6. The van der Waals surface area contributed by atoms with Gasteiger partial charge in [-0.15, -0.1) is 0 Å². The molecule has 0 aromatic heterocycles. The highest BCUT2D eigenvalue weighted by molar-refractivity contribution is 14.1. The molecule has 0 radical (unpaired) electrons. The maximum atomic E-state index is 12.4. The molecular weight excluding hydrogens is 692 g/mol. The summed E-state index contributed by atoms with van der Waals surface area (Å²) in [6, 6.07) is 16.8. The van der Waals surface area contributed by atoms with Gasteiger partial charge in [0, 0.05) is 30.3 Å². The van der Waals surface area contributed by atoms with Crippen LogP contribution in [0.15, 0.2) is 71.4 Å². The van der Waals surface area contributed by atoms with Crippen molar-refractivity contribution in [3.8, 4) is 5.75 Å². The number of ether oxygens (including phenoxy) is 2. The SMILES string of the molecule is CC(=O)Nc1ccc(C2=N/C(=C\c3cc(I)c(OCc4cccc([N+](=O)[O-])c4)c(I)c3)C(=O)O2)cc1. The van der Waals surface area contributed by atoms with Crippen molar-refractivity contribution in [1.29, 1.82) is 0 Å². The molecule has 9 nitrogen and oxygen atoms in total. The molecule has 0 spiro atoms. The summed E-state index contributed by atoms with van der Waals surface area (Å²) in [5.41, 5.74) is 2.83. The molecule has 0 atom stereocenters. The number of esters is 1. The van der Waals surface area contributed by atoms with Crippen LogP contribution in [0, 0.1) is 17.3 Å². The lowest BCUT2D eigenvalue weighted by Gasteiger charge is -2.11. The average molecular weight is 709 g/mol. The molecule has 0 saturated heterocycles. The summed E-state index contributed by atoms with van der Waals surface area (Å²) < 4.78 is 12.9. The van der Waals surface area contributed by atoms with Crippen molar-refractivity contribution in [3.05, 3.63) is 100 Å². The van der Waals surface area contributed by atoms with Crippen LogP contribution in [0.25, 0.3) is 6.08 Å². The van der Waals surface area contributed by atoms with Crippen LogP contribution in [-0.4, -0.2) is 22.7 Å². The van der Waals surface area contributed by atoms with Crippen molar-refractivity contribution in [2.24, 2.45) is 4.99 Å². The van der Waals surface area contributed by atoms with Gasteiger partial charge in [0.25, 0.3) is 5.69 Å². The van der Waals surface area contributed by atoms with Gasteiger partial charge in [0.15, 0.2) is 5.70 Å². The Kier molecular flexibility index (Phi) is 7.98. The quantitative estimate of drug-likeness (QED) is 0.111. The van der Waals surface area contributed by atoms with Crippen molar-refractivity contribution >= 4 is 80.4 Å². The van der Waals surface area contributed by atoms with E-state index in [1.807, 2.05) is 12.1 Å². The maximum Gasteiger partial charge on any atom is 0.363 e. The first kappa shape index (κ1) is 25.8. The Hall–Kier alpha value is -3.33. The summed E-state index contributed by atoms with van der Waals surface area (Å²) in [4.78, 5) is 38.5. The lowest BCUT2D eigenvalue weighted by Crippen LogP contribution is -2.07. The number of hydrogen-bond donors (Lipinski definition) is 1. The van der Waals surface area contributed by atoms with Gasteiger partial charge in [0.1, 0.15) is 12.4 Å². The Bertz CT molecular complexity index is 1410. The van der Waals surface area contributed by atoms with E-state index >= 15 is 0 Å². The van der Waals surface area contributed by atoms with E-state index in [0.29, 0.717) is 22.6 Å². The van der Waals surface area contributed by atoms with E-state index in [4.69, 9.17) is 9.47 Å². The van der Waals surface area contributed by atoms with E-state index < -0.39 is 10.9 Å². The van der Waals surface area contributed by atoms with E-state index in [9.17, 15) is 19.7 Å². The highest BCUT2D eigenvalue weighted by Gasteiger charge is 2.24. The van der Waals surface area contributed by atoms with Crippen LogP contribution in [0.5, 0.6) is 5.75 Å². The summed E-state index contributed by atoms with van der Waals surface area (Å²) in [6.45, 7) is 1.60. The summed E-state index contributed by atoms with van der Waals surface area (Å²) in [6.07, 6.45) is 1.63. The number of nitrogens with zero attached hydrogens (tertiary/aromatic N) is 2. The van der Waals surface area contributed by atoms with Crippen molar-refractivity contribution in [2.45, 2.75) is 13.5 Å². The van der Waals surface area contributed by atoms with Crippen LogP contribution in [0.2, 0.25) is 0 Å².